The minimum atomic E-state index is -0.666. The maximum Gasteiger partial charge on any atom is 0.243 e. The number of nitrogens with zero attached hydrogens (tertiary/aromatic N) is 1. The number of hydrogen-bond acceptors (Lipinski definition) is 3. The molecule has 0 spiro atoms. The highest BCUT2D eigenvalue weighted by molar-refractivity contribution is 5.89. The van der Waals surface area contributed by atoms with E-state index >= 15 is 0 Å². The number of benzene rings is 3. The van der Waals surface area contributed by atoms with Crippen molar-refractivity contribution < 1.29 is 14.3 Å². The van der Waals surface area contributed by atoms with Gasteiger partial charge in [-0.25, -0.2) is 0 Å². The summed E-state index contributed by atoms with van der Waals surface area (Å²) in [4.78, 5) is 29.1. The minimum absolute atomic E-state index is 0.0957. The Balaban J connectivity index is 1.99. The highest BCUT2D eigenvalue weighted by atomic mass is 16.5. The topological polar surface area (TPSA) is 58.6 Å². The molecule has 1 atom stereocenters. The fraction of sp³-hybridized carbons (Fsp3) is 0.333. The van der Waals surface area contributed by atoms with Crippen LogP contribution in [-0.4, -0.2) is 35.4 Å². The van der Waals surface area contributed by atoms with Crippen LogP contribution in [0.2, 0.25) is 0 Å². The second kappa shape index (κ2) is 11.7. The Hall–Kier alpha value is -3.60. The van der Waals surface area contributed by atoms with Crippen LogP contribution in [0.1, 0.15) is 43.0 Å². The number of ether oxygens (including phenoxy) is 1. The smallest absolute Gasteiger partial charge is 0.243 e. The molecule has 5 nitrogen and oxygen atoms in total. The van der Waals surface area contributed by atoms with Crippen molar-refractivity contribution in [3.05, 3.63) is 101 Å². The van der Waals surface area contributed by atoms with Gasteiger partial charge >= 0.3 is 0 Å². The Morgan fingerprint density at radius 1 is 0.886 bits per heavy atom. The normalized spacial score (nSPS) is 12.0. The van der Waals surface area contributed by atoms with Gasteiger partial charge in [0, 0.05) is 18.5 Å². The van der Waals surface area contributed by atoms with Crippen molar-refractivity contribution in [2.45, 2.75) is 58.7 Å². The molecule has 184 valence electrons. The Labute approximate surface area is 209 Å². The van der Waals surface area contributed by atoms with Crippen molar-refractivity contribution in [2.75, 3.05) is 7.11 Å². The van der Waals surface area contributed by atoms with Crippen molar-refractivity contribution in [2.24, 2.45) is 0 Å². The van der Waals surface area contributed by atoms with Gasteiger partial charge in [0.15, 0.2) is 0 Å². The van der Waals surface area contributed by atoms with Crippen molar-refractivity contribution >= 4 is 11.8 Å². The summed E-state index contributed by atoms with van der Waals surface area (Å²) in [7, 11) is 1.62. The number of carbonyl (C=O) groups is 2. The fourth-order valence-corrected chi connectivity index (χ4v) is 3.96. The second-order valence-corrected chi connectivity index (χ2v) is 9.98. The minimum Gasteiger partial charge on any atom is -0.497 e. The number of hydrogen-bond donors (Lipinski definition) is 1. The third-order valence-corrected chi connectivity index (χ3v) is 5.73. The molecular weight excluding hydrogens is 436 g/mol. The SMILES string of the molecule is COc1cccc(CN(C(=O)Cc2ccc(C)cc2)[C@@H](Cc2ccccc2)C(=O)NC(C)(C)C)c1. The summed E-state index contributed by atoms with van der Waals surface area (Å²) in [5.74, 6) is 0.454. The van der Waals surface area contributed by atoms with Crippen molar-refractivity contribution in [3.63, 3.8) is 0 Å². The van der Waals surface area contributed by atoms with Gasteiger partial charge in [0.2, 0.25) is 11.8 Å². The monoisotopic (exact) mass is 472 g/mol. The van der Waals surface area contributed by atoms with Gasteiger partial charge in [0.25, 0.3) is 0 Å². The first-order valence-corrected chi connectivity index (χ1v) is 12.0. The molecule has 0 radical (unpaired) electrons. The standard InChI is InChI=1S/C30H36N2O3/c1-22-14-16-24(17-15-22)20-28(33)32(21-25-12-9-13-26(18-25)35-5)27(29(34)31-30(2,3)4)19-23-10-7-6-8-11-23/h6-18,27H,19-21H2,1-5H3,(H,31,34)/t27-/m0/s1. The van der Waals surface area contributed by atoms with Crippen molar-refractivity contribution in [1.29, 1.82) is 0 Å². The highest BCUT2D eigenvalue weighted by Gasteiger charge is 2.32. The summed E-state index contributed by atoms with van der Waals surface area (Å²) in [6.45, 7) is 8.17. The lowest BCUT2D eigenvalue weighted by Crippen LogP contribution is -2.54. The Morgan fingerprint density at radius 3 is 2.17 bits per heavy atom. The van der Waals surface area contributed by atoms with Gasteiger partial charge in [0.1, 0.15) is 11.8 Å². The highest BCUT2D eigenvalue weighted by Crippen LogP contribution is 2.20. The lowest BCUT2D eigenvalue weighted by Gasteiger charge is -2.34. The van der Waals surface area contributed by atoms with E-state index < -0.39 is 11.6 Å². The predicted molar refractivity (Wildman–Crippen MR) is 140 cm³/mol. The molecule has 0 unspecified atom stereocenters. The molecule has 0 saturated carbocycles. The van der Waals surface area contributed by atoms with Crippen LogP contribution < -0.4 is 10.1 Å². The lowest BCUT2D eigenvalue weighted by molar-refractivity contribution is -0.141. The molecule has 0 bridgehead atoms. The molecule has 5 heteroatoms. The van der Waals surface area contributed by atoms with Gasteiger partial charge in [-0.1, -0.05) is 72.3 Å². The van der Waals surface area contributed by atoms with E-state index in [-0.39, 0.29) is 18.2 Å². The van der Waals surface area contributed by atoms with E-state index in [1.54, 1.807) is 12.0 Å². The van der Waals surface area contributed by atoms with E-state index in [1.807, 2.05) is 107 Å². The first-order chi connectivity index (χ1) is 16.6. The van der Waals surface area contributed by atoms with Crippen LogP contribution in [-0.2, 0) is 29.0 Å². The zero-order chi connectivity index (χ0) is 25.4. The first-order valence-electron chi connectivity index (χ1n) is 12.0. The van der Waals surface area contributed by atoms with E-state index in [0.29, 0.717) is 18.7 Å². The van der Waals surface area contributed by atoms with Crippen LogP contribution in [0, 0.1) is 6.92 Å². The van der Waals surface area contributed by atoms with E-state index in [0.717, 1.165) is 22.3 Å². The summed E-state index contributed by atoms with van der Waals surface area (Å²) >= 11 is 0. The second-order valence-electron chi connectivity index (χ2n) is 9.98. The number of methoxy groups -OCH3 is 1. The average molecular weight is 473 g/mol. The molecule has 0 aliphatic heterocycles. The summed E-state index contributed by atoms with van der Waals surface area (Å²) in [5.41, 5.74) is 3.55. The molecule has 0 aliphatic rings. The third kappa shape index (κ3) is 7.99. The molecule has 2 amide bonds. The molecule has 0 aromatic heterocycles. The van der Waals surface area contributed by atoms with Gasteiger partial charge in [-0.05, 0) is 56.5 Å². The number of aryl methyl sites for hydroxylation is 1. The predicted octanol–water partition coefficient (Wildman–Crippen LogP) is 5.10. The molecule has 3 rings (SSSR count). The Morgan fingerprint density at radius 2 is 1.54 bits per heavy atom. The van der Waals surface area contributed by atoms with Crippen LogP contribution in [0.25, 0.3) is 0 Å². The van der Waals surface area contributed by atoms with Crippen LogP contribution in [0.15, 0.2) is 78.9 Å². The lowest BCUT2D eigenvalue weighted by atomic mass is 9.99. The van der Waals surface area contributed by atoms with E-state index in [2.05, 4.69) is 5.32 Å². The average Bonchev–Trinajstić information content (AvgIpc) is 2.82. The van der Waals surface area contributed by atoms with Gasteiger partial charge in [0.05, 0.1) is 13.5 Å². The van der Waals surface area contributed by atoms with E-state index in [9.17, 15) is 9.59 Å². The number of amides is 2. The number of rotatable bonds is 9. The van der Waals surface area contributed by atoms with Crippen molar-refractivity contribution in [1.82, 2.24) is 10.2 Å². The quantitative estimate of drug-likeness (QED) is 0.471. The van der Waals surface area contributed by atoms with Crippen LogP contribution >= 0.6 is 0 Å². The van der Waals surface area contributed by atoms with Crippen molar-refractivity contribution in [3.8, 4) is 5.75 Å². The van der Waals surface area contributed by atoms with Crippen LogP contribution in [0.5, 0.6) is 5.75 Å². The third-order valence-electron chi connectivity index (χ3n) is 5.73. The molecule has 0 aliphatic carbocycles. The van der Waals surface area contributed by atoms with E-state index in [4.69, 9.17) is 4.74 Å². The van der Waals surface area contributed by atoms with Gasteiger partial charge < -0.3 is 15.0 Å². The zero-order valence-electron chi connectivity index (χ0n) is 21.4. The molecular formula is C30H36N2O3. The molecule has 1 N–H and O–H groups in total. The van der Waals surface area contributed by atoms with Gasteiger partial charge in [-0.3, -0.25) is 9.59 Å². The van der Waals surface area contributed by atoms with Gasteiger partial charge in [-0.15, -0.1) is 0 Å². The largest absolute Gasteiger partial charge is 0.497 e. The Bertz CT molecular complexity index is 1120. The maximum absolute atomic E-state index is 13.8. The van der Waals surface area contributed by atoms with Gasteiger partial charge in [-0.2, -0.15) is 0 Å². The first kappa shape index (κ1) is 26.0. The molecule has 0 fully saturated rings. The van der Waals surface area contributed by atoms with E-state index in [1.165, 1.54) is 0 Å². The Kier molecular flexibility index (Phi) is 8.69. The molecule has 35 heavy (non-hydrogen) atoms. The zero-order valence-corrected chi connectivity index (χ0v) is 21.4. The number of carbonyl (C=O) groups excluding carboxylic acids is 2. The van der Waals surface area contributed by atoms with Crippen LogP contribution in [0.4, 0.5) is 0 Å². The number of nitrogens with one attached hydrogen (secondary N) is 1. The van der Waals surface area contributed by atoms with Crippen LogP contribution in [0.3, 0.4) is 0 Å². The maximum atomic E-state index is 13.8. The summed E-state index contributed by atoms with van der Waals surface area (Å²) in [6, 6.07) is 24.8. The summed E-state index contributed by atoms with van der Waals surface area (Å²) in [5, 5.41) is 3.10. The summed E-state index contributed by atoms with van der Waals surface area (Å²) in [6.07, 6.45) is 0.644. The molecule has 3 aromatic carbocycles. The summed E-state index contributed by atoms with van der Waals surface area (Å²) < 4.78 is 5.39. The molecule has 0 saturated heterocycles. The molecule has 3 aromatic rings. The molecule has 0 heterocycles. The fourth-order valence-electron chi connectivity index (χ4n) is 3.96.